The number of hydrogen-bond acceptors (Lipinski definition) is 7. The van der Waals surface area contributed by atoms with E-state index >= 15 is 0 Å². The van der Waals surface area contributed by atoms with Crippen LogP contribution >= 0.6 is 0 Å². The van der Waals surface area contributed by atoms with Crippen molar-refractivity contribution < 1.29 is 33.6 Å². The Morgan fingerprint density at radius 2 is 1.77 bits per heavy atom. The van der Waals surface area contributed by atoms with Crippen LogP contribution in [0.25, 0.3) is 0 Å². The van der Waals surface area contributed by atoms with Gasteiger partial charge in [0.15, 0.2) is 0 Å². The Morgan fingerprint density at radius 3 is 2.36 bits per heavy atom. The monoisotopic (exact) mass is 318 g/mol. The van der Waals surface area contributed by atoms with Crippen LogP contribution in [0.5, 0.6) is 0 Å². The lowest BCUT2D eigenvalue weighted by molar-refractivity contribution is -0.330. The van der Waals surface area contributed by atoms with Crippen molar-refractivity contribution >= 4 is 12.1 Å². The average molecular weight is 318 g/mol. The minimum atomic E-state index is -1.01. The molecule has 7 heteroatoms. The van der Waals surface area contributed by atoms with E-state index in [1.807, 2.05) is 6.92 Å². The molecule has 0 aromatic rings. The highest BCUT2D eigenvalue weighted by molar-refractivity contribution is 5.82. The van der Waals surface area contributed by atoms with Gasteiger partial charge in [-0.3, -0.25) is 0 Å². The fourth-order valence-corrected chi connectivity index (χ4v) is 1.18. The van der Waals surface area contributed by atoms with Crippen LogP contribution in [0.15, 0.2) is 11.6 Å². The van der Waals surface area contributed by atoms with Crippen LogP contribution in [-0.4, -0.2) is 37.7 Å². The van der Waals surface area contributed by atoms with Crippen LogP contribution in [0.2, 0.25) is 0 Å². The third-order valence-electron chi connectivity index (χ3n) is 2.22. The average Bonchev–Trinajstić information content (AvgIpc) is 2.39. The number of esters is 1. The van der Waals surface area contributed by atoms with Gasteiger partial charge in [-0.2, -0.15) is 4.89 Å². The molecule has 0 atom stereocenters. The first-order chi connectivity index (χ1) is 10.3. The van der Waals surface area contributed by atoms with Gasteiger partial charge in [0.05, 0.1) is 6.61 Å². The van der Waals surface area contributed by atoms with Crippen molar-refractivity contribution in [3.8, 4) is 0 Å². The number of allylic oxidation sites excluding steroid dienone is 1. The minimum absolute atomic E-state index is 0.0848. The van der Waals surface area contributed by atoms with Gasteiger partial charge in [-0.25, -0.2) is 14.5 Å². The summed E-state index contributed by atoms with van der Waals surface area (Å²) in [7, 11) is 0. The molecular weight excluding hydrogens is 292 g/mol. The van der Waals surface area contributed by atoms with E-state index in [9.17, 15) is 9.59 Å². The first-order valence-electron chi connectivity index (χ1n) is 7.18. The molecule has 0 aliphatic heterocycles. The maximum atomic E-state index is 11.4. The zero-order valence-electron chi connectivity index (χ0n) is 14.0. The maximum Gasteiger partial charge on any atom is 0.511 e. The normalized spacial score (nSPS) is 10.8. The van der Waals surface area contributed by atoms with Gasteiger partial charge in [0, 0.05) is 6.08 Å². The lowest BCUT2D eigenvalue weighted by Gasteiger charge is -2.23. The molecule has 128 valence electrons. The van der Waals surface area contributed by atoms with Crippen LogP contribution in [0, 0.1) is 0 Å². The summed E-state index contributed by atoms with van der Waals surface area (Å²) in [5.41, 5.74) is -0.186. The molecule has 7 nitrogen and oxygen atoms in total. The van der Waals surface area contributed by atoms with Crippen molar-refractivity contribution in [2.24, 2.45) is 0 Å². The van der Waals surface area contributed by atoms with Crippen LogP contribution in [-0.2, 0) is 28.8 Å². The number of unbranched alkanes of at least 4 members (excludes halogenated alkanes) is 1. The van der Waals surface area contributed by atoms with Crippen molar-refractivity contribution in [2.45, 2.75) is 53.1 Å². The van der Waals surface area contributed by atoms with Gasteiger partial charge in [-0.1, -0.05) is 18.9 Å². The van der Waals surface area contributed by atoms with E-state index in [0.29, 0.717) is 6.61 Å². The van der Waals surface area contributed by atoms with E-state index in [1.165, 1.54) is 6.08 Å². The molecule has 0 aromatic carbocycles. The predicted octanol–water partition coefficient (Wildman–Crippen LogP) is 3.13. The number of carbonyl (C=O) groups excluding carboxylic acids is 2. The second kappa shape index (κ2) is 11.0. The van der Waals surface area contributed by atoms with Crippen molar-refractivity contribution in [1.29, 1.82) is 0 Å². The molecule has 0 N–H and O–H groups in total. The van der Waals surface area contributed by atoms with E-state index in [-0.39, 0.29) is 13.4 Å². The van der Waals surface area contributed by atoms with Crippen LogP contribution in [0.3, 0.4) is 0 Å². The number of ether oxygens (including phenoxy) is 3. The van der Waals surface area contributed by atoms with Crippen LogP contribution in [0.1, 0.15) is 47.5 Å². The maximum absolute atomic E-state index is 11.4. The summed E-state index contributed by atoms with van der Waals surface area (Å²) in [5, 5.41) is 0. The molecule has 0 radical (unpaired) electrons. The highest BCUT2D eigenvalue weighted by Gasteiger charge is 2.26. The Kier molecular flexibility index (Phi) is 10.2. The quantitative estimate of drug-likeness (QED) is 0.153. The van der Waals surface area contributed by atoms with Gasteiger partial charge in [-0.15, -0.1) is 0 Å². The minimum Gasteiger partial charge on any atom is -0.458 e. The first-order valence-corrected chi connectivity index (χ1v) is 7.18. The second-order valence-electron chi connectivity index (χ2n) is 5.50. The summed E-state index contributed by atoms with van der Waals surface area (Å²) in [6.07, 6.45) is 2.26. The number of carbonyl (C=O) groups is 2. The molecule has 0 spiro atoms. The first kappa shape index (κ1) is 20.4. The van der Waals surface area contributed by atoms with Gasteiger partial charge in [0.2, 0.25) is 6.79 Å². The van der Waals surface area contributed by atoms with Gasteiger partial charge in [0.1, 0.15) is 12.2 Å². The van der Waals surface area contributed by atoms with Crippen molar-refractivity contribution in [3.05, 3.63) is 11.6 Å². The standard InChI is InChI=1S/C15H26O7/c1-6-7-8-20-21-11-19-14(17)22-15(4,5)10-18-13(16)9-12(2)3/h9H,6-8,10-11H2,1-5H3. The summed E-state index contributed by atoms with van der Waals surface area (Å²) >= 11 is 0. The lowest BCUT2D eigenvalue weighted by atomic mass is 10.1. The van der Waals surface area contributed by atoms with Gasteiger partial charge in [-0.05, 0) is 34.1 Å². The molecule has 0 saturated heterocycles. The van der Waals surface area contributed by atoms with E-state index in [0.717, 1.165) is 18.4 Å². The molecular formula is C15H26O7. The zero-order valence-corrected chi connectivity index (χ0v) is 14.0. The van der Waals surface area contributed by atoms with Gasteiger partial charge in [0.25, 0.3) is 0 Å². The number of hydrogen-bond donors (Lipinski definition) is 0. The van der Waals surface area contributed by atoms with E-state index in [4.69, 9.17) is 14.4 Å². The molecule has 0 saturated carbocycles. The third kappa shape index (κ3) is 12.2. The van der Waals surface area contributed by atoms with Crippen molar-refractivity contribution in [1.82, 2.24) is 0 Å². The molecule has 0 amide bonds. The molecule has 0 rings (SSSR count). The Labute approximate surface area is 131 Å². The Hall–Kier alpha value is -1.60. The van der Waals surface area contributed by atoms with E-state index in [1.54, 1.807) is 27.7 Å². The van der Waals surface area contributed by atoms with Crippen LogP contribution < -0.4 is 0 Å². The molecule has 0 bridgehead atoms. The largest absolute Gasteiger partial charge is 0.511 e. The van der Waals surface area contributed by atoms with Crippen LogP contribution in [0.4, 0.5) is 4.79 Å². The highest BCUT2D eigenvalue weighted by Crippen LogP contribution is 2.11. The Bertz CT molecular complexity index is 370. The SMILES string of the molecule is CCCCOOCOC(=O)OC(C)(C)COC(=O)C=C(C)C. The summed E-state index contributed by atoms with van der Waals surface area (Å²) in [6, 6.07) is 0. The third-order valence-corrected chi connectivity index (χ3v) is 2.22. The molecule has 0 fully saturated rings. The summed E-state index contributed by atoms with van der Waals surface area (Å²) < 4.78 is 14.7. The molecule has 22 heavy (non-hydrogen) atoms. The molecule has 0 aliphatic rings. The second-order valence-corrected chi connectivity index (χ2v) is 5.50. The number of rotatable bonds is 10. The highest BCUT2D eigenvalue weighted by atomic mass is 17.2. The Balaban J connectivity index is 3.91. The summed E-state index contributed by atoms with van der Waals surface area (Å²) in [6.45, 7) is 8.76. The van der Waals surface area contributed by atoms with E-state index < -0.39 is 17.7 Å². The fraction of sp³-hybridized carbons (Fsp3) is 0.733. The Morgan fingerprint density at radius 1 is 1.09 bits per heavy atom. The predicted molar refractivity (Wildman–Crippen MR) is 78.8 cm³/mol. The topological polar surface area (TPSA) is 80.3 Å². The van der Waals surface area contributed by atoms with Gasteiger partial charge < -0.3 is 14.2 Å². The summed E-state index contributed by atoms with van der Waals surface area (Å²) in [5.74, 6) is -0.488. The molecule has 0 aromatic heterocycles. The summed E-state index contributed by atoms with van der Waals surface area (Å²) in [4.78, 5) is 32.2. The van der Waals surface area contributed by atoms with Crippen molar-refractivity contribution in [2.75, 3.05) is 20.0 Å². The van der Waals surface area contributed by atoms with Crippen molar-refractivity contribution in [3.63, 3.8) is 0 Å². The molecule has 0 aliphatic carbocycles. The lowest BCUT2D eigenvalue weighted by Crippen LogP contribution is -2.34. The van der Waals surface area contributed by atoms with Gasteiger partial charge >= 0.3 is 12.1 Å². The smallest absolute Gasteiger partial charge is 0.458 e. The molecule has 0 unspecified atom stereocenters. The fourth-order valence-electron chi connectivity index (χ4n) is 1.18. The molecule has 0 heterocycles. The van der Waals surface area contributed by atoms with E-state index in [2.05, 4.69) is 9.62 Å². The zero-order chi connectivity index (χ0) is 17.0.